The summed E-state index contributed by atoms with van der Waals surface area (Å²) in [5.74, 6) is 0. The highest BCUT2D eigenvalue weighted by Gasteiger charge is 2.09. The van der Waals surface area contributed by atoms with Gasteiger partial charge in [0.25, 0.3) is 0 Å². The van der Waals surface area contributed by atoms with Crippen LogP contribution in [0.25, 0.3) is 0 Å². The number of anilines is 1. The van der Waals surface area contributed by atoms with E-state index in [4.69, 9.17) is 0 Å². The van der Waals surface area contributed by atoms with Crippen LogP contribution in [0.4, 0.5) is 5.69 Å². The molecule has 0 fully saturated rings. The molecule has 64 valence electrons. The molecule has 0 saturated carbocycles. The van der Waals surface area contributed by atoms with Crippen LogP contribution in [0.2, 0.25) is 0 Å². The van der Waals surface area contributed by atoms with E-state index in [-0.39, 0.29) is 0 Å². The quantitative estimate of drug-likeness (QED) is 0.681. The van der Waals surface area contributed by atoms with Crippen LogP contribution in [0.15, 0.2) is 22.7 Å². The molecule has 0 aromatic heterocycles. The Morgan fingerprint density at radius 2 is 2.25 bits per heavy atom. The van der Waals surface area contributed by atoms with Crippen LogP contribution in [0.3, 0.4) is 0 Å². The van der Waals surface area contributed by atoms with Gasteiger partial charge in [0, 0.05) is 16.7 Å². The molecule has 1 aromatic carbocycles. The van der Waals surface area contributed by atoms with Crippen LogP contribution in [-0.2, 0) is 6.42 Å². The molecule has 3 heteroatoms. The number of hydrogen-bond acceptors (Lipinski definition) is 2. The van der Waals surface area contributed by atoms with Crippen LogP contribution in [0, 0.1) is 5.21 Å². The number of benzene rings is 1. The monoisotopic (exact) mass is 226 g/mol. The zero-order valence-corrected chi connectivity index (χ0v) is 8.17. The van der Waals surface area contributed by atoms with Crippen molar-refractivity contribution >= 4 is 21.6 Å². The molecule has 0 N–H and O–H groups in total. The molecule has 0 saturated heterocycles. The predicted octanol–water partition coefficient (Wildman–Crippen LogP) is 2.70. The maximum absolute atomic E-state index is 11.3. The minimum Gasteiger partial charge on any atom is -0.758 e. The summed E-state index contributed by atoms with van der Waals surface area (Å²) in [5.41, 5.74) is 2.00. The topological polar surface area (TPSA) is 26.3 Å². The first-order valence-electron chi connectivity index (χ1n) is 4.00. The lowest BCUT2D eigenvalue weighted by Crippen LogP contribution is -2.22. The number of nitrogens with zero attached hydrogens (tertiary/aromatic N) is 1. The molecule has 1 heterocycles. The van der Waals surface area contributed by atoms with Crippen molar-refractivity contribution in [1.29, 1.82) is 0 Å². The van der Waals surface area contributed by atoms with Gasteiger partial charge < -0.3 is 10.3 Å². The maximum atomic E-state index is 11.3. The summed E-state index contributed by atoms with van der Waals surface area (Å²) in [5, 5.41) is 12.4. The molecule has 1 aliphatic rings. The smallest absolute Gasteiger partial charge is 0.0292 e. The van der Waals surface area contributed by atoms with Gasteiger partial charge in [0.05, 0.1) is 0 Å². The number of aryl methyl sites for hydroxylation is 1. The number of rotatable bonds is 0. The highest BCUT2D eigenvalue weighted by molar-refractivity contribution is 9.10. The van der Waals surface area contributed by atoms with Crippen LogP contribution < -0.4 is 5.06 Å². The highest BCUT2D eigenvalue weighted by Crippen LogP contribution is 2.28. The Morgan fingerprint density at radius 1 is 1.42 bits per heavy atom. The molecule has 0 spiro atoms. The largest absolute Gasteiger partial charge is 0.758 e. The van der Waals surface area contributed by atoms with Gasteiger partial charge >= 0.3 is 0 Å². The lowest BCUT2D eigenvalue weighted by atomic mass is 10.0. The third kappa shape index (κ3) is 1.34. The normalized spacial score (nSPS) is 16.0. The third-order valence-electron chi connectivity index (χ3n) is 2.12. The number of fused-ring (bicyclic) bond motifs is 1. The Labute approximate surface area is 79.9 Å². The van der Waals surface area contributed by atoms with Crippen molar-refractivity contribution in [2.24, 2.45) is 0 Å². The highest BCUT2D eigenvalue weighted by atomic mass is 79.9. The first-order chi connectivity index (χ1) is 5.77. The molecule has 0 unspecified atom stereocenters. The SMILES string of the molecule is [O-]N1CCCc2cc(Br)ccc21. The zero-order chi connectivity index (χ0) is 8.55. The van der Waals surface area contributed by atoms with Gasteiger partial charge in [-0.05, 0) is 36.6 Å². The van der Waals surface area contributed by atoms with Gasteiger partial charge in [-0.3, -0.25) is 0 Å². The van der Waals surface area contributed by atoms with Crippen LogP contribution in [-0.4, -0.2) is 6.54 Å². The van der Waals surface area contributed by atoms with Gasteiger partial charge in [-0.1, -0.05) is 15.9 Å². The van der Waals surface area contributed by atoms with Crippen molar-refractivity contribution in [1.82, 2.24) is 0 Å². The molecule has 12 heavy (non-hydrogen) atoms. The van der Waals surface area contributed by atoms with Crippen molar-refractivity contribution < 1.29 is 0 Å². The Morgan fingerprint density at radius 3 is 3.08 bits per heavy atom. The van der Waals surface area contributed by atoms with E-state index in [1.807, 2.05) is 18.2 Å². The van der Waals surface area contributed by atoms with Crippen molar-refractivity contribution in [3.05, 3.63) is 33.4 Å². The summed E-state index contributed by atoms with van der Waals surface area (Å²) in [6, 6.07) is 5.82. The lowest BCUT2D eigenvalue weighted by Gasteiger charge is -2.36. The van der Waals surface area contributed by atoms with E-state index in [9.17, 15) is 5.21 Å². The fourth-order valence-electron chi connectivity index (χ4n) is 1.53. The van der Waals surface area contributed by atoms with Gasteiger partial charge in [-0.25, -0.2) is 0 Å². The van der Waals surface area contributed by atoms with Gasteiger partial charge in [0.15, 0.2) is 0 Å². The van der Waals surface area contributed by atoms with Gasteiger partial charge in [0.2, 0.25) is 0 Å². The Bertz CT molecular complexity index is 301. The first kappa shape index (κ1) is 8.08. The average Bonchev–Trinajstić information content (AvgIpc) is 2.04. The standard InChI is InChI=1S/C9H9BrNO/c10-8-3-4-9-7(6-8)2-1-5-11(9)12/h3-4,6H,1-2,5H2/q-1. The average molecular weight is 227 g/mol. The van der Waals surface area contributed by atoms with Gasteiger partial charge in [-0.15, -0.1) is 0 Å². The maximum Gasteiger partial charge on any atom is 0.0292 e. The summed E-state index contributed by atoms with van der Waals surface area (Å²) in [7, 11) is 0. The third-order valence-corrected chi connectivity index (χ3v) is 2.61. The van der Waals surface area contributed by atoms with Crippen molar-refractivity contribution in [3.8, 4) is 0 Å². The molecule has 2 rings (SSSR count). The Hall–Kier alpha value is -0.540. The molecular formula is C9H9BrNO-. The van der Waals surface area contributed by atoms with E-state index < -0.39 is 0 Å². The van der Waals surface area contributed by atoms with Crippen molar-refractivity contribution in [3.63, 3.8) is 0 Å². The molecule has 2 nitrogen and oxygen atoms in total. The summed E-state index contributed by atoms with van der Waals surface area (Å²) >= 11 is 3.39. The fraction of sp³-hybridized carbons (Fsp3) is 0.333. The minimum atomic E-state index is 0.634. The van der Waals surface area contributed by atoms with E-state index >= 15 is 0 Å². The molecule has 0 atom stereocenters. The van der Waals surface area contributed by atoms with Crippen LogP contribution in [0.1, 0.15) is 12.0 Å². The molecule has 0 radical (unpaired) electrons. The second kappa shape index (κ2) is 3.07. The van der Waals surface area contributed by atoms with E-state index in [1.165, 1.54) is 0 Å². The van der Waals surface area contributed by atoms with Gasteiger partial charge in [-0.2, -0.15) is 0 Å². The molecule has 1 aromatic rings. The van der Waals surface area contributed by atoms with E-state index in [0.29, 0.717) is 6.54 Å². The number of hydrogen-bond donors (Lipinski definition) is 0. The van der Waals surface area contributed by atoms with E-state index in [2.05, 4.69) is 15.9 Å². The van der Waals surface area contributed by atoms with Crippen molar-refractivity contribution in [2.75, 3.05) is 11.6 Å². The molecule has 0 aliphatic carbocycles. The van der Waals surface area contributed by atoms with E-state index in [1.54, 1.807) is 0 Å². The predicted molar refractivity (Wildman–Crippen MR) is 53.2 cm³/mol. The second-order valence-corrected chi connectivity index (χ2v) is 3.89. The molecular weight excluding hydrogens is 218 g/mol. The lowest BCUT2D eigenvalue weighted by molar-refractivity contribution is 0.764. The Balaban J connectivity index is 2.46. The zero-order valence-electron chi connectivity index (χ0n) is 6.59. The van der Waals surface area contributed by atoms with E-state index in [0.717, 1.165) is 33.6 Å². The summed E-state index contributed by atoms with van der Waals surface area (Å²) in [6.45, 7) is 0.634. The molecule has 1 aliphatic heterocycles. The summed E-state index contributed by atoms with van der Waals surface area (Å²) < 4.78 is 1.05. The summed E-state index contributed by atoms with van der Waals surface area (Å²) in [6.07, 6.45) is 1.99. The number of hydroxylamine groups is 1. The second-order valence-electron chi connectivity index (χ2n) is 2.98. The fourth-order valence-corrected chi connectivity index (χ4v) is 1.94. The van der Waals surface area contributed by atoms with Gasteiger partial charge in [0.1, 0.15) is 0 Å². The molecule has 0 bridgehead atoms. The number of halogens is 1. The first-order valence-corrected chi connectivity index (χ1v) is 4.80. The summed E-state index contributed by atoms with van der Waals surface area (Å²) in [4.78, 5) is 0. The minimum absolute atomic E-state index is 0.634. The van der Waals surface area contributed by atoms with Crippen molar-refractivity contribution in [2.45, 2.75) is 12.8 Å². The van der Waals surface area contributed by atoms with Crippen LogP contribution >= 0.6 is 15.9 Å². The van der Waals surface area contributed by atoms with Crippen LogP contribution in [0.5, 0.6) is 0 Å². The molecule has 0 amide bonds. The Kier molecular flexibility index (Phi) is 2.07.